The fraction of sp³-hybridized carbons (Fsp3) is 0.200. The van der Waals surface area contributed by atoms with E-state index in [9.17, 15) is 9.50 Å². The summed E-state index contributed by atoms with van der Waals surface area (Å²) in [6, 6.07) is 11.4. The van der Waals surface area contributed by atoms with Crippen LogP contribution in [0, 0.1) is 5.82 Å². The second-order valence-corrected chi connectivity index (χ2v) is 5.24. The van der Waals surface area contributed by atoms with E-state index in [2.05, 4.69) is 15.9 Å². The van der Waals surface area contributed by atoms with Crippen LogP contribution in [0.3, 0.4) is 0 Å². The maximum Gasteiger partial charge on any atom is 0.142 e. The number of hydrogen-bond donors (Lipinski definition) is 2. The molecule has 4 nitrogen and oxygen atoms in total. The normalized spacial score (nSPS) is 12.0. The van der Waals surface area contributed by atoms with Crippen LogP contribution in [0.15, 0.2) is 46.9 Å². The molecule has 0 saturated carbocycles. The zero-order chi connectivity index (χ0) is 15.2. The lowest BCUT2D eigenvalue weighted by atomic mass is 10.3. The van der Waals surface area contributed by atoms with Crippen LogP contribution >= 0.6 is 15.9 Å². The first-order valence-corrected chi connectivity index (χ1v) is 7.09. The van der Waals surface area contributed by atoms with Gasteiger partial charge in [0.15, 0.2) is 0 Å². The van der Waals surface area contributed by atoms with Gasteiger partial charge in [0.25, 0.3) is 0 Å². The molecule has 0 aliphatic heterocycles. The fourth-order valence-electron chi connectivity index (χ4n) is 1.61. The number of aliphatic hydroxyl groups is 1. The van der Waals surface area contributed by atoms with Gasteiger partial charge in [0.05, 0.1) is 10.2 Å². The summed E-state index contributed by atoms with van der Waals surface area (Å²) in [4.78, 5) is 0. The Bertz CT molecular complexity index is 609. The Morgan fingerprint density at radius 1 is 1.14 bits per heavy atom. The van der Waals surface area contributed by atoms with Crippen molar-refractivity contribution in [3.8, 4) is 11.5 Å². The molecule has 112 valence electrons. The van der Waals surface area contributed by atoms with Gasteiger partial charge in [0.2, 0.25) is 0 Å². The van der Waals surface area contributed by atoms with E-state index < -0.39 is 11.9 Å². The molecule has 0 saturated heterocycles. The Morgan fingerprint density at radius 3 is 2.57 bits per heavy atom. The number of anilines is 1. The molecule has 0 spiro atoms. The Hall–Kier alpha value is -1.79. The molecule has 6 heteroatoms. The van der Waals surface area contributed by atoms with Crippen molar-refractivity contribution in [2.24, 2.45) is 0 Å². The Kier molecular flexibility index (Phi) is 5.41. The number of para-hydroxylation sites is 2. The van der Waals surface area contributed by atoms with E-state index in [-0.39, 0.29) is 13.2 Å². The van der Waals surface area contributed by atoms with E-state index >= 15 is 0 Å². The van der Waals surface area contributed by atoms with Gasteiger partial charge in [0, 0.05) is 6.07 Å². The van der Waals surface area contributed by atoms with Crippen molar-refractivity contribution in [2.45, 2.75) is 6.10 Å². The second kappa shape index (κ2) is 7.28. The number of nitrogen functional groups attached to an aromatic ring is 1. The maximum absolute atomic E-state index is 13.3. The van der Waals surface area contributed by atoms with Crippen molar-refractivity contribution >= 4 is 21.6 Å². The summed E-state index contributed by atoms with van der Waals surface area (Å²) in [7, 11) is 0. The molecule has 3 N–H and O–H groups in total. The predicted octanol–water partition coefficient (Wildman–Crippen LogP) is 2.99. The molecule has 0 aromatic heterocycles. The van der Waals surface area contributed by atoms with Crippen LogP contribution in [-0.2, 0) is 0 Å². The lowest BCUT2D eigenvalue weighted by molar-refractivity contribution is 0.0628. The zero-order valence-corrected chi connectivity index (χ0v) is 12.7. The topological polar surface area (TPSA) is 64.7 Å². The van der Waals surface area contributed by atoms with Crippen molar-refractivity contribution < 1.29 is 19.0 Å². The van der Waals surface area contributed by atoms with Crippen molar-refractivity contribution in [2.75, 3.05) is 18.9 Å². The minimum Gasteiger partial charge on any atom is -0.491 e. The van der Waals surface area contributed by atoms with E-state index in [1.807, 2.05) is 0 Å². The van der Waals surface area contributed by atoms with E-state index in [1.54, 1.807) is 30.3 Å². The first kappa shape index (κ1) is 15.6. The number of aliphatic hydroxyl groups excluding tert-OH is 1. The molecule has 0 aliphatic rings. The van der Waals surface area contributed by atoms with Crippen LogP contribution in [-0.4, -0.2) is 24.4 Å². The number of benzene rings is 2. The highest BCUT2D eigenvalue weighted by molar-refractivity contribution is 9.10. The van der Waals surface area contributed by atoms with Crippen LogP contribution in [0.5, 0.6) is 11.5 Å². The van der Waals surface area contributed by atoms with Gasteiger partial charge in [-0.1, -0.05) is 12.1 Å². The molecule has 0 amide bonds. The van der Waals surface area contributed by atoms with E-state index in [4.69, 9.17) is 15.2 Å². The van der Waals surface area contributed by atoms with Gasteiger partial charge in [-0.2, -0.15) is 0 Å². The van der Waals surface area contributed by atoms with E-state index in [0.717, 1.165) is 0 Å². The Balaban J connectivity index is 1.81. The third-order valence-corrected chi connectivity index (χ3v) is 3.33. The quantitative estimate of drug-likeness (QED) is 0.781. The highest BCUT2D eigenvalue weighted by atomic mass is 79.9. The molecular formula is C15H15BrFNO3. The molecule has 0 fully saturated rings. The van der Waals surface area contributed by atoms with Crippen molar-refractivity contribution in [3.05, 3.63) is 52.8 Å². The second-order valence-electron chi connectivity index (χ2n) is 4.39. The monoisotopic (exact) mass is 355 g/mol. The van der Waals surface area contributed by atoms with Gasteiger partial charge in [0.1, 0.15) is 36.6 Å². The molecule has 21 heavy (non-hydrogen) atoms. The van der Waals surface area contributed by atoms with Crippen LogP contribution in [0.1, 0.15) is 0 Å². The number of rotatable bonds is 6. The Labute approximate surface area is 130 Å². The summed E-state index contributed by atoms with van der Waals surface area (Å²) in [5.41, 5.74) is 6.22. The fourth-order valence-corrected chi connectivity index (χ4v) is 1.85. The van der Waals surface area contributed by atoms with Crippen LogP contribution < -0.4 is 15.2 Å². The van der Waals surface area contributed by atoms with Gasteiger partial charge < -0.3 is 20.3 Å². The number of hydrogen-bond acceptors (Lipinski definition) is 4. The highest BCUT2D eigenvalue weighted by Crippen LogP contribution is 2.22. The van der Waals surface area contributed by atoms with Crippen molar-refractivity contribution in [3.63, 3.8) is 0 Å². The van der Waals surface area contributed by atoms with Crippen LogP contribution in [0.4, 0.5) is 10.1 Å². The summed E-state index contributed by atoms with van der Waals surface area (Å²) >= 11 is 3.06. The van der Waals surface area contributed by atoms with Gasteiger partial charge in [-0.05, 0) is 40.2 Å². The molecule has 0 radical (unpaired) electrons. The maximum atomic E-state index is 13.3. The molecule has 0 aliphatic carbocycles. The minimum absolute atomic E-state index is 0.00614. The summed E-state index contributed by atoms with van der Waals surface area (Å²) in [6.07, 6.45) is -0.851. The first-order valence-electron chi connectivity index (χ1n) is 6.29. The summed E-state index contributed by atoms with van der Waals surface area (Å²) in [5.74, 6) is 0.426. The third kappa shape index (κ3) is 4.61. The average molecular weight is 356 g/mol. The number of ether oxygens (including phenoxy) is 2. The summed E-state index contributed by atoms with van der Waals surface area (Å²) in [6.45, 7) is 0.0288. The Morgan fingerprint density at radius 2 is 1.86 bits per heavy atom. The molecule has 0 heterocycles. The average Bonchev–Trinajstić information content (AvgIpc) is 2.47. The molecule has 2 aromatic carbocycles. The lowest BCUT2D eigenvalue weighted by Gasteiger charge is -2.14. The number of halogens is 2. The number of nitrogens with two attached hydrogens (primary N) is 1. The van der Waals surface area contributed by atoms with Crippen molar-refractivity contribution in [1.29, 1.82) is 0 Å². The zero-order valence-electron chi connectivity index (χ0n) is 11.1. The van der Waals surface area contributed by atoms with Crippen LogP contribution in [0.25, 0.3) is 0 Å². The van der Waals surface area contributed by atoms with E-state index in [1.165, 1.54) is 12.1 Å². The van der Waals surface area contributed by atoms with Gasteiger partial charge in [-0.3, -0.25) is 0 Å². The highest BCUT2D eigenvalue weighted by Gasteiger charge is 2.09. The molecule has 1 unspecified atom stereocenters. The first-order chi connectivity index (χ1) is 10.1. The minimum atomic E-state index is -0.851. The smallest absolute Gasteiger partial charge is 0.142 e. The third-order valence-electron chi connectivity index (χ3n) is 2.68. The lowest BCUT2D eigenvalue weighted by Crippen LogP contribution is -2.25. The predicted molar refractivity (Wildman–Crippen MR) is 82.0 cm³/mol. The van der Waals surface area contributed by atoms with Gasteiger partial charge in [-0.25, -0.2) is 4.39 Å². The SMILES string of the molecule is Nc1ccccc1OCC(O)COc1ccc(Br)c(F)c1. The standard InChI is InChI=1S/C15H15BrFNO3/c16-12-6-5-11(7-13(12)17)20-8-10(19)9-21-15-4-2-1-3-14(15)18/h1-7,10,19H,8-9,18H2. The van der Waals surface area contributed by atoms with Crippen LogP contribution in [0.2, 0.25) is 0 Å². The summed E-state index contributed by atoms with van der Waals surface area (Å²) < 4.78 is 24.3. The molecule has 2 rings (SSSR count). The molecule has 1 atom stereocenters. The van der Waals surface area contributed by atoms with Crippen molar-refractivity contribution in [1.82, 2.24) is 0 Å². The van der Waals surface area contributed by atoms with E-state index in [0.29, 0.717) is 21.7 Å². The van der Waals surface area contributed by atoms with Gasteiger partial charge >= 0.3 is 0 Å². The summed E-state index contributed by atoms with van der Waals surface area (Å²) in [5, 5.41) is 9.79. The molecule has 0 bridgehead atoms. The van der Waals surface area contributed by atoms with Gasteiger partial charge in [-0.15, -0.1) is 0 Å². The largest absolute Gasteiger partial charge is 0.491 e. The molecular weight excluding hydrogens is 341 g/mol. The molecule has 2 aromatic rings.